The topological polar surface area (TPSA) is 75.4 Å². The molecule has 3 N–H and O–H groups in total. The average molecular weight is 351 g/mol. The molecule has 1 atom stereocenters. The summed E-state index contributed by atoms with van der Waals surface area (Å²) >= 11 is 0. The maximum absolute atomic E-state index is 12.5. The lowest BCUT2D eigenvalue weighted by Gasteiger charge is -2.17. The summed E-state index contributed by atoms with van der Waals surface area (Å²) in [7, 11) is 0. The Morgan fingerprint density at radius 1 is 1.19 bits per heavy atom. The Bertz CT molecular complexity index is 789. The van der Waals surface area contributed by atoms with Crippen molar-refractivity contribution in [2.75, 3.05) is 18.8 Å². The summed E-state index contributed by atoms with van der Waals surface area (Å²) in [6, 6.07) is 15.3. The zero-order valence-electron chi connectivity index (χ0n) is 15.1. The number of nitrogens with two attached hydrogens (primary N) is 1. The highest BCUT2D eigenvalue weighted by molar-refractivity contribution is 5.96. The molecule has 5 nitrogen and oxygen atoms in total. The standard InChI is InChI=1S/C21H25N3O2/c1-15-7-9-17(22)13-19(15)21(26)23-18-11-12-24(14-18)20(25)10-8-16-5-3-2-4-6-16/h2-7,9,13,18H,8,10-12,14,22H2,1H3,(H,23,26). The van der Waals surface area contributed by atoms with E-state index in [1.807, 2.05) is 48.2 Å². The van der Waals surface area contributed by atoms with E-state index in [0.717, 1.165) is 18.4 Å². The molecule has 1 aliphatic heterocycles. The van der Waals surface area contributed by atoms with Crippen molar-refractivity contribution in [3.05, 3.63) is 65.2 Å². The molecule has 3 rings (SSSR count). The fourth-order valence-corrected chi connectivity index (χ4v) is 3.31. The largest absolute Gasteiger partial charge is 0.399 e. The number of anilines is 1. The summed E-state index contributed by atoms with van der Waals surface area (Å²) in [6.07, 6.45) is 2.03. The fourth-order valence-electron chi connectivity index (χ4n) is 3.31. The van der Waals surface area contributed by atoms with E-state index < -0.39 is 0 Å². The van der Waals surface area contributed by atoms with Gasteiger partial charge in [0.25, 0.3) is 5.91 Å². The molecule has 2 amide bonds. The Labute approximate surface area is 154 Å². The van der Waals surface area contributed by atoms with E-state index in [-0.39, 0.29) is 17.9 Å². The number of amides is 2. The molecule has 136 valence electrons. The SMILES string of the molecule is Cc1ccc(N)cc1C(=O)NC1CCN(C(=O)CCc2ccccc2)C1. The molecule has 0 saturated carbocycles. The lowest BCUT2D eigenvalue weighted by atomic mass is 10.1. The molecule has 0 aromatic heterocycles. The Hall–Kier alpha value is -2.82. The number of likely N-dealkylation sites (tertiary alicyclic amines) is 1. The molecule has 26 heavy (non-hydrogen) atoms. The third-order valence-corrected chi connectivity index (χ3v) is 4.85. The van der Waals surface area contributed by atoms with E-state index in [0.29, 0.717) is 30.8 Å². The third-order valence-electron chi connectivity index (χ3n) is 4.85. The molecule has 2 aromatic carbocycles. The molecular weight excluding hydrogens is 326 g/mol. The van der Waals surface area contributed by atoms with Crippen molar-refractivity contribution in [2.45, 2.75) is 32.2 Å². The Morgan fingerprint density at radius 2 is 1.96 bits per heavy atom. The van der Waals surface area contributed by atoms with Gasteiger partial charge in [0, 0.05) is 36.8 Å². The minimum absolute atomic E-state index is 0.0102. The number of carbonyl (C=O) groups excluding carboxylic acids is 2. The van der Waals surface area contributed by atoms with Crippen LogP contribution in [0.15, 0.2) is 48.5 Å². The van der Waals surface area contributed by atoms with Crippen molar-refractivity contribution < 1.29 is 9.59 Å². The van der Waals surface area contributed by atoms with Gasteiger partial charge in [0.2, 0.25) is 5.91 Å². The number of hydrogen-bond acceptors (Lipinski definition) is 3. The molecule has 0 aliphatic carbocycles. The van der Waals surface area contributed by atoms with Gasteiger partial charge < -0.3 is 16.0 Å². The summed E-state index contributed by atoms with van der Waals surface area (Å²) in [5.41, 5.74) is 9.02. The van der Waals surface area contributed by atoms with Gasteiger partial charge in [0.05, 0.1) is 0 Å². The maximum atomic E-state index is 12.5. The van der Waals surface area contributed by atoms with Gasteiger partial charge in [-0.05, 0) is 43.0 Å². The highest BCUT2D eigenvalue weighted by Crippen LogP contribution is 2.16. The number of aryl methyl sites for hydroxylation is 2. The van der Waals surface area contributed by atoms with Crippen LogP contribution in [0.2, 0.25) is 0 Å². The number of benzene rings is 2. The van der Waals surface area contributed by atoms with Gasteiger partial charge in [-0.2, -0.15) is 0 Å². The molecule has 0 spiro atoms. The smallest absolute Gasteiger partial charge is 0.251 e. The van der Waals surface area contributed by atoms with Crippen molar-refractivity contribution in [1.29, 1.82) is 0 Å². The first-order chi connectivity index (χ1) is 12.5. The van der Waals surface area contributed by atoms with Gasteiger partial charge in [0.1, 0.15) is 0 Å². The monoisotopic (exact) mass is 351 g/mol. The third kappa shape index (κ3) is 4.42. The number of nitrogens with zero attached hydrogens (tertiary/aromatic N) is 1. The van der Waals surface area contributed by atoms with Crippen LogP contribution in [-0.4, -0.2) is 35.8 Å². The van der Waals surface area contributed by atoms with Crippen LogP contribution in [0.3, 0.4) is 0 Å². The molecule has 1 fully saturated rings. The van der Waals surface area contributed by atoms with E-state index in [4.69, 9.17) is 5.73 Å². The van der Waals surface area contributed by atoms with E-state index in [9.17, 15) is 9.59 Å². The first kappa shape index (κ1) is 18.0. The summed E-state index contributed by atoms with van der Waals surface area (Å²) in [5.74, 6) is 0.0177. The van der Waals surface area contributed by atoms with Crippen LogP contribution in [-0.2, 0) is 11.2 Å². The van der Waals surface area contributed by atoms with Crippen molar-refractivity contribution in [2.24, 2.45) is 0 Å². The molecule has 1 aliphatic rings. The average Bonchev–Trinajstić information content (AvgIpc) is 3.11. The van der Waals surface area contributed by atoms with Gasteiger partial charge in [-0.3, -0.25) is 9.59 Å². The molecule has 1 heterocycles. The Balaban J connectivity index is 1.51. The maximum Gasteiger partial charge on any atom is 0.251 e. The lowest BCUT2D eigenvalue weighted by Crippen LogP contribution is -2.38. The molecule has 5 heteroatoms. The van der Waals surface area contributed by atoms with Crippen LogP contribution in [0.5, 0.6) is 0 Å². The van der Waals surface area contributed by atoms with Crippen LogP contribution < -0.4 is 11.1 Å². The summed E-state index contributed by atoms with van der Waals surface area (Å²) in [4.78, 5) is 26.8. The first-order valence-electron chi connectivity index (χ1n) is 9.01. The summed E-state index contributed by atoms with van der Waals surface area (Å²) in [5, 5.41) is 3.03. The van der Waals surface area contributed by atoms with Crippen LogP contribution in [0.4, 0.5) is 5.69 Å². The van der Waals surface area contributed by atoms with Crippen LogP contribution >= 0.6 is 0 Å². The number of nitrogens with one attached hydrogen (secondary N) is 1. The quantitative estimate of drug-likeness (QED) is 0.813. The zero-order chi connectivity index (χ0) is 18.5. The number of hydrogen-bond donors (Lipinski definition) is 2. The molecule has 1 saturated heterocycles. The van der Waals surface area contributed by atoms with Gasteiger partial charge in [-0.15, -0.1) is 0 Å². The van der Waals surface area contributed by atoms with Crippen molar-refractivity contribution >= 4 is 17.5 Å². The van der Waals surface area contributed by atoms with Crippen LogP contribution in [0.25, 0.3) is 0 Å². The van der Waals surface area contributed by atoms with Gasteiger partial charge in [0.15, 0.2) is 0 Å². The highest BCUT2D eigenvalue weighted by atomic mass is 16.2. The zero-order valence-corrected chi connectivity index (χ0v) is 15.1. The van der Waals surface area contributed by atoms with Crippen LogP contribution in [0.1, 0.15) is 34.3 Å². The second-order valence-electron chi connectivity index (χ2n) is 6.86. The van der Waals surface area contributed by atoms with Crippen molar-refractivity contribution in [1.82, 2.24) is 10.2 Å². The minimum Gasteiger partial charge on any atom is -0.399 e. The number of rotatable bonds is 5. The number of carbonyl (C=O) groups is 2. The predicted molar refractivity (Wildman–Crippen MR) is 103 cm³/mol. The van der Waals surface area contributed by atoms with Gasteiger partial charge >= 0.3 is 0 Å². The van der Waals surface area contributed by atoms with E-state index in [1.54, 1.807) is 12.1 Å². The Morgan fingerprint density at radius 3 is 2.73 bits per heavy atom. The minimum atomic E-state index is -0.126. The van der Waals surface area contributed by atoms with Crippen molar-refractivity contribution in [3.8, 4) is 0 Å². The van der Waals surface area contributed by atoms with E-state index >= 15 is 0 Å². The number of nitrogen functional groups attached to an aromatic ring is 1. The molecule has 1 unspecified atom stereocenters. The molecule has 0 radical (unpaired) electrons. The van der Waals surface area contributed by atoms with Crippen LogP contribution in [0, 0.1) is 6.92 Å². The molecule has 2 aromatic rings. The van der Waals surface area contributed by atoms with E-state index in [2.05, 4.69) is 5.32 Å². The predicted octanol–water partition coefficient (Wildman–Crippen LogP) is 2.54. The van der Waals surface area contributed by atoms with Crippen molar-refractivity contribution in [3.63, 3.8) is 0 Å². The summed E-state index contributed by atoms with van der Waals surface area (Å²) < 4.78 is 0. The lowest BCUT2D eigenvalue weighted by molar-refractivity contribution is -0.130. The second kappa shape index (κ2) is 8.04. The second-order valence-corrected chi connectivity index (χ2v) is 6.86. The molecular formula is C21H25N3O2. The van der Waals surface area contributed by atoms with E-state index in [1.165, 1.54) is 5.56 Å². The first-order valence-corrected chi connectivity index (χ1v) is 9.01. The van der Waals surface area contributed by atoms with Gasteiger partial charge in [-0.25, -0.2) is 0 Å². The van der Waals surface area contributed by atoms with Gasteiger partial charge in [-0.1, -0.05) is 36.4 Å². The molecule has 0 bridgehead atoms. The Kier molecular flexibility index (Phi) is 5.56. The highest BCUT2D eigenvalue weighted by Gasteiger charge is 2.27. The fraction of sp³-hybridized carbons (Fsp3) is 0.333. The summed E-state index contributed by atoms with van der Waals surface area (Å²) in [6.45, 7) is 3.15. The normalized spacial score (nSPS) is 16.5.